The summed E-state index contributed by atoms with van der Waals surface area (Å²) in [6, 6.07) is 9.68. The molecule has 0 aromatic heterocycles. The summed E-state index contributed by atoms with van der Waals surface area (Å²) in [6.45, 7) is 8.96. The summed E-state index contributed by atoms with van der Waals surface area (Å²) in [5.41, 5.74) is 8.14. The van der Waals surface area contributed by atoms with Gasteiger partial charge in [-0.1, -0.05) is 44.2 Å². The number of hydrogen-bond acceptors (Lipinski definition) is 6. The molecule has 1 rings (SSSR count). The summed E-state index contributed by atoms with van der Waals surface area (Å²) in [4.78, 5) is 38.8. The van der Waals surface area contributed by atoms with E-state index in [1.165, 1.54) is 0 Å². The van der Waals surface area contributed by atoms with Crippen LogP contribution in [0, 0.1) is 23.7 Å². The summed E-state index contributed by atoms with van der Waals surface area (Å²) in [6.07, 6.45) is 1.36. The lowest BCUT2D eigenvalue weighted by atomic mass is 9.73. The van der Waals surface area contributed by atoms with Gasteiger partial charge in [0.05, 0.1) is 18.4 Å². The highest BCUT2D eigenvalue weighted by molar-refractivity contribution is 5.92. The summed E-state index contributed by atoms with van der Waals surface area (Å²) < 4.78 is 5.63. The fourth-order valence-corrected chi connectivity index (χ4v) is 3.67. The maximum Gasteiger partial charge on any atom is 0.311 e. The maximum atomic E-state index is 13.2. The van der Waals surface area contributed by atoms with E-state index in [9.17, 15) is 14.4 Å². The molecule has 0 aliphatic carbocycles. The fourth-order valence-electron chi connectivity index (χ4n) is 3.67. The van der Waals surface area contributed by atoms with Crippen LogP contribution in [0.3, 0.4) is 0 Å². The van der Waals surface area contributed by atoms with Crippen molar-refractivity contribution in [1.82, 2.24) is 5.43 Å². The van der Waals surface area contributed by atoms with Crippen LogP contribution in [-0.4, -0.2) is 29.8 Å². The lowest BCUT2D eigenvalue weighted by molar-refractivity contribution is -0.168. The zero-order valence-corrected chi connectivity index (χ0v) is 18.8. The first-order valence-corrected chi connectivity index (χ1v) is 10.5. The molecule has 1 aromatic carbocycles. The summed E-state index contributed by atoms with van der Waals surface area (Å²) >= 11 is 0. The maximum absolute atomic E-state index is 13.2. The summed E-state index contributed by atoms with van der Waals surface area (Å²) in [5.74, 6) is 1.73. The molecular formula is C23H37N3O4. The lowest BCUT2D eigenvalue weighted by Crippen LogP contribution is -2.48. The summed E-state index contributed by atoms with van der Waals surface area (Å²) in [5, 5.41) is 0. The Hall–Kier alpha value is -2.25. The SMILES string of the molecule is CC(C)C[C@@H](C(=O)NN)[C@@H](C(=O)OC(C)(C)C)C(CCc1ccccc1)C(=O)CN. The minimum absolute atomic E-state index is 0.111. The second kappa shape index (κ2) is 11.8. The van der Waals surface area contributed by atoms with Gasteiger partial charge < -0.3 is 10.5 Å². The van der Waals surface area contributed by atoms with Crippen molar-refractivity contribution in [3.8, 4) is 0 Å². The van der Waals surface area contributed by atoms with Crippen LogP contribution in [0.25, 0.3) is 0 Å². The second-order valence-corrected chi connectivity index (χ2v) is 9.11. The van der Waals surface area contributed by atoms with Crippen molar-refractivity contribution in [2.24, 2.45) is 35.2 Å². The van der Waals surface area contributed by atoms with Gasteiger partial charge in [-0.3, -0.25) is 19.8 Å². The number of hydrazine groups is 1. The van der Waals surface area contributed by atoms with Gasteiger partial charge in [0.25, 0.3) is 0 Å². The minimum atomic E-state index is -0.963. The Balaban J connectivity index is 3.35. The molecule has 7 nitrogen and oxygen atoms in total. The van der Waals surface area contributed by atoms with Crippen LogP contribution in [0.5, 0.6) is 0 Å². The third-order valence-corrected chi connectivity index (χ3v) is 4.95. The van der Waals surface area contributed by atoms with E-state index in [1.807, 2.05) is 44.2 Å². The Morgan fingerprint density at radius 3 is 2.13 bits per heavy atom. The van der Waals surface area contributed by atoms with Crippen molar-refractivity contribution >= 4 is 17.7 Å². The van der Waals surface area contributed by atoms with Crippen molar-refractivity contribution in [3.63, 3.8) is 0 Å². The van der Waals surface area contributed by atoms with Crippen LogP contribution >= 0.6 is 0 Å². The average molecular weight is 420 g/mol. The standard InChI is InChI=1S/C23H37N3O4/c1-15(2)13-18(21(28)26-25)20(22(29)30-23(3,4)5)17(19(27)14-24)12-11-16-9-7-6-8-10-16/h6-10,15,17-18,20H,11-14,24-25H2,1-5H3,(H,26,28)/t17?,18-,20+/m1/s1. The number of Topliss-reactive ketones (excluding diaryl/α,β-unsaturated/α-hetero) is 1. The van der Waals surface area contributed by atoms with E-state index < -0.39 is 35.2 Å². The Morgan fingerprint density at radius 1 is 1.07 bits per heavy atom. The predicted octanol–water partition coefficient (Wildman–Crippen LogP) is 2.37. The first-order chi connectivity index (χ1) is 14.0. The third kappa shape index (κ3) is 8.24. The third-order valence-electron chi connectivity index (χ3n) is 4.95. The smallest absolute Gasteiger partial charge is 0.311 e. The normalized spacial score (nSPS) is 14.7. The molecule has 3 atom stereocenters. The van der Waals surface area contributed by atoms with Gasteiger partial charge >= 0.3 is 5.97 Å². The van der Waals surface area contributed by atoms with Crippen LogP contribution < -0.4 is 17.0 Å². The molecule has 30 heavy (non-hydrogen) atoms. The van der Waals surface area contributed by atoms with Crippen LogP contribution in [0.4, 0.5) is 0 Å². The van der Waals surface area contributed by atoms with E-state index in [2.05, 4.69) is 5.43 Å². The molecule has 7 heteroatoms. The van der Waals surface area contributed by atoms with E-state index in [-0.39, 0.29) is 18.2 Å². The topological polar surface area (TPSA) is 125 Å². The highest BCUT2D eigenvalue weighted by Crippen LogP contribution is 2.33. The molecule has 0 aliphatic heterocycles. The number of amides is 1. The molecule has 0 aliphatic rings. The van der Waals surface area contributed by atoms with Crippen LogP contribution in [0.2, 0.25) is 0 Å². The predicted molar refractivity (Wildman–Crippen MR) is 117 cm³/mol. The number of hydrogen-bond donors (Lipinski definition) is 3. The van der Waals surface area contributed by atoms with E-state index in [4.69, 9.17) is 16.3 Å². The van der Waals surface area contributed by atoms with Crippen molar-refractivity contribution in [2.45, 2.75) is 59.5 Å². The number of esters is 1. The molecule has 5 N–H and O–H groups in total. The van der Waals surface area contributed by atoms with E-state index >= 15 is 0 Å². The minimum Gasteiger partial charge on any atom is -0.460 e. The molecule has 1 amide bonds. The van der Waals surface area contributed by atoms with Crippen molar-refractivity contribution in [1.29, 1.82) is 0 Å². The zero-order chi connectivity index (χ0) is 22.9. The van der Waals surface area contributed by atoms with Crippen LogP contribution in [0.1, 0.15) is 53.0 Å². The lowest BCUT2D eigenvalue weighted by Gasteiger charge is -2.33. The van der Waals surface area contributed by atoms with Gasteiger partial charge in [0.1, 0.15) is 11.4 Å². The highest BCUT2D eigenvalue weighted by Gasteiger charge is 2.44. The largest absolute Gasteiger partial charge is 0.460 e. The number of ketones is 1. The molecule has 0 radical (unpaired) electrons. The number of rotatable bonds is 11. The van der Waals surface area contributed by atoms with Gasteiger partial charge in [0, 0.05) is 5.92 Å². The van der Waals surface area contributed by atoms with Gasteiger partial charge in [-0.15, -0.1) is 0 Å². The monoisotopic (exact) mass is 419 g/mol. The molecule has 168 valence electrons. The number of nitrogens with two attached hydrogens (primary N) is 2. The van der Waals surface area contributed by atoms with Gasteiger partial charge in [-0.2, -0.15) is 0 Å². The molecule has 0 spiro atoms. The van der Waals surface area contributed by atoms with Gasteiger partial charge in [0.15, 0.2) is 0 Å². The Morgan fingerprint density at radius 2 is 1.67 bits per heavy atom. The average Bonchev–Trinajstić information content (AvgIpc) is 2.67. The van der Waals surface area contributed by atoms with Crippen LogP contribution in [-0.2, 0) is 25.5 Å². The molecular weight excluding hydrogens is 382 g/mol. The second-order valence-electron chi connectivity index (χ2n) is 9.11. The number of aryl methyl sites for hydroxylation is 1. The van der Waals surface area contributed by atoms with Crippen LogP contribution in [0.15, 0.2) is 30.3 Å². The quantitative estimate of drug-likeness (QED) is 0.219. The molecule has 1 unspecified atom stereocenters. The van der Waals surface area contributed by atoms with E-state index in [0.717, 1.165) is 5.56 Å². The first-order valence-electron chi connectivity index (χ1n) is 10.5. The Kier molecular flexibility index (Phi) is 10.2. The molecule has 0 bridgehead atoms. The molecule has 1 aromatic rings. The van der Waals surface area contributed by atoms with Gasteiger partial charge in [0.2, 0.25) is 5.91 Å². The van der Waals surface area contributed by atoms with Crippen molar-refractivity contribution in [2.75, 3.05) is 6.54 Å². The Bertz CT molecular complexity index is 698. The highest BCUT2D eigenvalue weighted by atomic mass is 16.6. The number of ether oxygens (including phenoxy) is 1. The summed E-state index contributed by atoms with van der Waals surface area (Å²) in [7, 11) is 0. The zero-order valence-electron chi connectivity index (χ0n) is 18.8. The molecule has 0 heterocycles. The number of nitrogens with one attached hydrogen (secondary N) is 1. The number of carbonyl (C=O) groups excluding carboxylic acids is 3. The fraction of sp³-hybridized carbons (Fsp3) is 0.609. The van der Waals surface area contributed by atoms with Crippen molar-refractivity contribution in [3.05, 3.63) is 35.9 Å². The number of carbonyl (C=O) groups is 3. The number of benzene rings is 1. The van der Waals surface area contributed by atoms with Gasteiger partial charge in [-0.05, 0) is 51.5 Å². The Labute approximate surface area is 179 Å². The molecule has 0 fully saturated rings. The van der Waals surface area contributed by atoms with Gasteiger partial charge in [-0.25, -0.2) is 5.84 Å². The van der Waals surface area contributed by atoms with E-state index in [1.54, 1.807) is 20.8 Å². The van der Waals surface area contributed by atoms with Crippen molar-refractivity contribution < 1.29 is 19.1 Å². The van der Waals surface area contributed by atoms with E-state index in [0.29, 0.717) is 19.3 Å². The molecule has 0 saturated heterocycles. The first kappa shape index (κ1) is 25.8. The molecule has 0 saturated carbocycles.